The van der Waals surface area contributed by atoms with Crippen LogP contribution >= 0.6 is 0 Å². The van der Waals surface area contributed by atoms with Crippen LogP contribution < -0.4 is 11.1 Å². The second-order valence-electron chi connectivity index (χ2n) is 5.28. The van der Waals surface area contributed by atoms with Gasteiger partial charge in [-0.05, 0) is 32.2 Å². The summed E-state index contributed by atoms with van der Waals surface area (Å²) in [6, 6.07) is 0.373. The Kier molecular flexibility index (Phi) is 7.28. The van der Waals surface area contributed by atoms with Crippen LogP contribution in [0.5, 0.6) is 0 Å². The van der Waals surface area contributed by atoms with Crippen LogP contribution in [-0.2, 0) is 4.79 Å². The molecule has 0 saturated carbocycles. The van der Waals surface area contributed by atoms with Crippen LogP contribution in [0.4, 0.5) is 0 Å². The highest BCUT2D eigenvalue weighted by molar-refractivity contribution is 5.81. The molecule has 0 aromatic rings. The molecule has 1 aliphatic heterocycles. The summed E-state index contributed by atoms with van der Waals surface area (Å²) < 4.78 is 0. The van der Waals surface area contributed by atoms with Crippen molar-refractivity contribution in [2.45, 2.75) is 64.5 Å². The number of nitrogens with zero attached hydrogens (tertiary/aromatic N) is 1. The van der Waals surface area contributed by atoms with Crippen molar-refractivity contribution >= 4 is 5.91 Å². The number of rotatable bonds is 7. The third-order valence-electron chi connectivity index (χ3n) is 3.86. The normalized spacial score (nSPS) is 22.7. The maximum absolute atomic E-state index is 11.7. The molecule has 3 N–H and O–H groups in total. The third kappa shape index (κ3) is 4.94. The lowest BCUT2D eigenvalue weighted by Gasteiger charge is -2.35. The standard InChI is InChI=1S/C14H29N3O/c1-3-7-13(15)14(18)16-9-11-17-10-6-5-8-12(17)4-2/h12-13H,3-11,15H2,1-2H3,(H,16,18). The first-order valence-electron chi connectivity index (χ1n) is 7.46. The highest BCUT2D eigenvalue weighted by Crippen LogP contribution is 2.18. The summed E-state index contributed by atoms with van der Waals surface area (Å²) in [7, 11) is 0. The molecular weight excluding hydrogens is 226 g/mol. The zero-order valence-electron chi connectivity index (χ0n) is 12.0. The molecule has 1 rings (SSSR count). The molecule has 1 amide bonds. The summed E-state index contributed by atoms with van der Waals surface area (Å²) in [5, 5.41) is 2.95. The lowest BCUT2D eigenvalue weighted by molar-refractivity contribution is -0.122. The number of carbonyl (C=O) groups excluding carboxylic acids is 1. The quantitative estimate of drug-likeness (QED) is 0.725. The van der Waals surface area contributed by atoms with Crippen LogP contribution in [-0.4, -0.2) is 42.5 Å². The smallest absolute Gasteiger partial charge is 0.236 e. The number of piperidine rings is 1. The first kappa shape index (κ1) is 15.4. The molecule has 0 aromatic heterocycles. The van der Waals surface area contributed by atoms with E-state index in [1.807, 2.05) is 6.92 Å². The summed E-state index contributed by atoms with van der Waals surface area (Å²) in [4.78, 5) is 14.2. The van der Waals surface area contributed by atoms with Crippen LogP contribution in [0, 0.1) is 0 Å². The minimum atomic E-state index is -0.335. The van der Waals surface area contributed by atoms with Crippen molar-refractivity contribution in [1.29, 1.82) is 0 Å². The predicted octanol–water partition coefficient (Wildman–Crippen LogP) is 1.49. The Balaban J connectivity index is 2.21. The van der Waals surface area contributed by atoms with E-state index in [0.717, 1.165) is 25.9 Å². The van der Waals surface area contributed by atoms with Gasteiger partial charge in [-0.3, -0.25) is 9.69 Å². The van der Waals surface area contributed by atoms with Crippen molar-refractivity contribution in [3.05, 3.63) is 0 Å². The fraction of sp³-hybridized carbons (Fsp3) is 0.929. The molecule has 18 heavy (non-hydrogen) atoms. The molecular formula is C14H29N3O. The first-order chi connectivity index (χ1) is 8.69. The van der Waals surface area contributed by atoms with Gasteiger partial charge in [0.1, 0.15) is 0 Å². The fourth-order valence-electron chi connectivity index (χ4n) is 2.71. The van der Waals surface area contributed by atoms with Gasteiger partial charge in [0.2, 0.25) is 5.91 Å². The van der Waals surface area contributed by atoms with E-state index in [2.05, 4.69) is 17.1 Å². The van der Waals surface area contributed by atoms with Crippen LogP contribution in [0.15, 0.2) is 0 Å². The van der Waals surface area contributed by atoms with E-state index in [-0.39, 0.29) is 11.9 Å². The number of nitrogens with one attached hydrogen (secondary N) is 1. The molecule has 2 unspecified atom stereocenters. The van der Waals surface area contributed by atoms with Crippen molar-refractivity contribution < 1.29 is 4.79 Å². The number of amides is 1. The number of hydrogen-bond donors (Lipinski definition) is 2. The molecule has 106 valence electrons. The summed E-state index contributed by atoms with van der Waals surface area (Å²) in [6.45, 7) is 7.16. The van der Waals surface area contributed by atoms with Gasteiger partial charge in [-0.15, -0.1) is 0 Å². The molecule has 1 aliphatic rings. The Morgan fingerprint density at radius 2 is 2.22 bits per heavy atom. The van der Waals surface area contributed by atoms with Crippen LogP contribution in [0.3, 0.4) is 0 Å². The predicted molar refractivity (Wildman–Crippen MR) is 75.4 cm³/mol. The topological polar surface area (TPSA) is 58.4 Å². The van der Waals surface area contributed by atoms with E-state index >= 15 is 0 Å². The minimum absolute atomic E-state index is 0.00177. The van der Waals surface area contributed by atoms with Gasteiger partial charge in [-0.2, -0.15) is 0 Å². The Hall–Kier alpha value is -0.610. The van der Waals surface area contributed by atoms with E-state index in [4.69, 9.17) is 5.73 Å². The van der Waals surface area contributed by atoms with E-state index < -0.39 is 0 Å². The number of likely N-dealkylation sites (tertiary alicyclic amines) is 1. The molecule has 1 saturated heterocycles. The van der Waals surface area contributed by atoms with E-state index in [0.29, 0.717) is 6.04 Å². The summed E-state index contributed by atoms with van der Waals surface area (Å²) in [5.41, 5.74) is 5.77. The van der Waals surface area contributed by atoms with Crippen molar-refractivity contribution in [3.8, 4) is 0 Å². The fourth-order valence-corrected chi connectivity index (χ4v) is 2.71. The zero-order valence-corrected chi connectivity index (χ0v) is 12.0. The second-order valence-corrected chi connectivity index (χ2v) is 5.28. The van der Waals surface area contributed by atoms with Gasteiger partial charge in [0.05, 0.1) is 6.04 Å². The molecule has 0 aromatic carbocycles. The van der Waals surface area contributed by atoms with E-state index in [9.17, 15) is 4.79 Å². The van der Waals surface area contributed by atoms with E-state index in [1.165, 1.54) is 32.2 Å². The average molecular weight is 255 g/mol. The number of carbonyl (C=O) groups is 1. The van der Waals surface area contributed by atoms with Gasteiger partial charge in [-0.1, -0.05) is 26.7 Å². The Labute approximate surface area is 111 Å². The minimum Gasteiger partial charge on any atom is -0.353 e. The molecule has 1 heterocycles. The highest BCUT2D eigenvalue weighted by Gasteiger charge is 2.20. The zero-order chi connectivity index (χ0) is 13.4. The molecule has 1 fully saturated rings. The Bertz CT molecular complexity index is 245. The molecule has 4 heteroatoms. The van der Waals surface area contributed by atoms with Crippen LogP contribution in [0.2, 0.25) is 0 Å². The van der Waals surface area contributed by atoms with E-state index in [1.54, 1.807) is 0 Å². The van der Waals surface area contributed by atoms with Crippen LogP contribution in [0.1, 0.15) is 52.4 Å². The van der Waals surface area contributed by atoms with Crippen LogP contribution in [0.25, 0.3) is 0 Å². The monoisotopic (exact) mass is 255 g/mol. The molecule has 4 nitrogen and oxygen atoms in total. The van der Waals surface area contributed by atoms with Gasteiger partial charge in [-0.25, -0.2) is 0 Å². The summed E-state index contributed by atoms with van der Waals surface area (Å²) in [6.07, 6.45) is 6.89. The number of nitrogens with two attached hydrogens (primary N) is 1. The maximum Gasteiger partial charge on any atom is 0.236 e. The lowest BCUT2D eigenvalue weighted by atomic mass is 10.0. The number of hydrogen-bond acceptors (Lipinski definition) is 3. The average Bonchev–Trinajstić information content (AvgIpc) is 2.39. The summed E-state index contributed by atoms with van der Waals surface area (Å²) >= 11 is 0. The SMILES string of the molecule is CCCC(N)C(=O)NCCN1CCCCC1CC. The highest BCUT2D eigenvalue weighted by atomic mass is 16.2. The molecule has 0 aliphatic carbocycles. The molecule has 0 bridgehead atoms. The molecule has 0 spiro atoms. The summed E-state index contributed by atoms with van der Waals surface area (Å²) in [5.74, 6) is 0.00177. The Morgan fingerprint density at radius 1 is 1.44 bits per heavy atom. The van der Waals surface area contributed by atoms with Gasteiger partial charge < -0.3 is 11.1 Å². The first-order valence-corrected chi connectivity index (χ1v) is 7.46. The van der Waals surface area contributed by atoms with Gasteiger partial charge in [0, 0.05) is 19.1 Å². The van der Waals surface area contributed by atoms with Gasteiger partial charge in [0.25, 0.3) is 0 Å². The van der Waals surface area contributed by atoms with Crippen molar-refractivity contribution in [2.75, 3.05) is 19.6 Å². The second kappa shape index (κ2) is 8.48. The largest absolute Gasteiger partial charge is 0.353 e. The van der Waals surface area contributed by atoms with Crippen molar-refractivity contribution in [1.82, 2.24) is 10.2 Å². The molecule has 0 radical (unpaired) electrons. The third-order valence-corrected chi connectivity index (χ3v) is 3.86. The van der Waals surface area contributed by atoms with Crippen molar-refractivity contribution in [3.63, 3.8) is 0 Å². The van der Waals surface area contributed by atoms with Gasteiger partial charge >= 0.3 is 0 Å². The molecule has 2 atom stereocenters. The maximum atomic E-state index is 11.7. The lowest BCUT2D eigenvalue weighted by Crippen LogP contribution is -2.46. The van der Waals surface area contributed by atoms with Gasteiger partial charge in [0.15, 0.2) is 0 Å². The van der Waals surface area contributed by atoms with Crippen molar-refractivity contribution in [2.24, 2.45) is 5.73 Å². The Morgan fingerprint density at radius 3 is 2.89 bits per heavy atom.